The molecule has 1 aliphatic carbocycles. The zero-order chi connectivity index (χ0) is 82.8. The van der Waals surface area contributed by atoms with Gasteiger partial charge in [0.15, 0.2) is 5.78 Å². The quantitative estimate of drug-likeness (QED) is 0.0854. The molecule has 1 saturated heterocycles. The van der Waals surface area contributed by atoms with Crippen LogP contribution in [0.4, 0.5) is 0 Å². The first kappa shape index (κ1) is 89.4. The molecule has 618 valence electrons. The third kappa shape index (κ3) is 27.3. The summed E-state index contributed by atoms with van der Waals surface area (Å²) in [4.78, 5) is 198. The minimum absolute atomic E-state index is 0.00995. The molecule has 33 heteroatoms. The van der Waals surface area contributed by atoms with E-state index in [-0.39, 0.29) is 88.0 Å². The number of primary amides is 1. The first-order chi connectivity index (χ1) is 54.3. The Hall–Kier alpha value is -10.1. The Morgan fingerprint density at radius 2 is 1.12 bits per heavy atom. The number of benzene rings is 3. The van der Waals surface area contributed by atoms with E-state index < -0.39 is 179 Å². The first-order valence-corrected chi connectivity index (χ1v) is 41.3. The van der Waals surface area contributed by atoms with Crippen molar-refractivity contribution in [3.8, 4) is 11.5 Å². The fourth-order valence-electron chi connectivity index (χ4n) is 14.1. The number of aromatic nitrogens is 2. The molecule has 2 fully saturated rings. The lowest BCUT2D eigenvalue weighted by Gasteiger charge is -2.33. The van der Waals surface area contributed by atoms with Crippen molar-refractivity contribution in [2.75, 3.05) is 18.1 Å². The van der Waals surface area contributed by atoms with Crippen LogP contribution in [0.1, 0.15) is 159 Å². The van der Waals surface area contributed by atoms with Crippen molar-refractivity contribution in [2.45, 2.75) is 235 Å². The van der Waals surface area contributed by atoms with Crippen LogP contribution in [0.5, 0.6) is 11.5 Å². The van der Waals surface area contributed by atoms with E-state index in [2.05, 4.69) is 68.5 Å². The number of aromatic amines is 1. The smallest absolute Gasteiger partial charge is 0.245 e. The van der Waals surface area contributed by atoms with Gasteiger partial charge in [-0.2, -0.15) is 23.5 Å². The Morgan fingerprint density at radius 1 is 0.561 bits per heavy atom. The molecule has 4 heterocycles. The SMILES string of the molecule is CCC[C@@H]1CC(=O)[C@H](Cc2c[nH]c3ncccc23)NC(=O)[C@H]([C@@H](C)O)NC(=O)[C@@H]2CCCCCNC(=O)C[C@H](NC1=O)C(=O)N[C@@H](Cc1ccc(O)cc1)C(=O)N[C@@H](C1CCCCC1)C(=O)N[C@@H]([C@@H](C)O)C(=O)N[C@H](C(N)=O)CSCc1cccc(c1)CSCCC(=O)N[C@@H](C(C)(C)C)C(=O)N[C@@H](Cc1ccc(O)cc1)C(=O)N2. The maximum atomic E-state index is 15.3. The molecule has 0 spiro atoms. The normalized spacial score (nSPS) is 25.5. The van der Waals surface area contributed by atoms with E-state index in [4.69, 9.17) is 5.73 Å². The minimum Gasteiger partial charge on any atom is -0.508 e. The Balaban J connectivity index is 1.19. The summed E-state index contributed by atoms with van der Waals surface area (Å²) in [6.45, 7) is 9.36. The number of aromatic hydroxyl groups is 2. The van der Waals surface area contributed by atoms with Gasteiger partial charge in [-0.3, -0.25) is 62.3 Å². The van der Waals surface area contributed by atoms with Gasteiger partial charge in [-0.25, -0.2) is 4.98 Å². The zero-order valence-corrected chi connectivity index (χ0v) is 66.9. The number of thioether (sulfide) groups is 2. The Bertz CT molecular complexity index is 4170. The van der Waals surface area contributed by atoms with Crippen molar-refractivity contribution in [1.82, 2.24) is 68.5 Å². The molecule has 0 unspecified atom stereocenters. The zero-order valence-electron chi connectivity index (χ0n) is 65.3. The molecular weight excluding hydrogens is 1510 g/mol. The highest BCUT2D eigenvalue weighted by Gasteiger charge is 2.42. The molecule has 3 aromatic carbocycles. The summed E-state index contributed by atoms with van der Waals surface area (Å²) >= 11 is 2.72. The first-order valence-electron chi connectivity index (χ1n) is 39.0. The van der Waals surface area contributed by atoms with E-state index in [1.807, 2.05) is 24.3 Å². The second-order valence-electron chi connectivity index (χ2n) is 30.8. The molecule has 114 heavy (non-hydrogen) atoms. The monoisotopic (exact) mass is 1610 g/mol. The number of nitrogens with one attached hydrogen (secondary N) is 12. The highest BCUT2D eigenvalue weighted by molar-refractivity contribution is 7.98. The molecule has 31 nitrogen and oxygen atoms in total. The fraction of sp³-hybridized carbons (Fsp3) is 0.531. The number of carbonyl (C=O) groups is 13. The summed E-state index contributed by atoms with van der Waals surface area (Å²) in [6, 6.07) is 7.17. The summed E-state index contributed by atoms with van der Waals surface area (Å²) < 4.78 is 0. The lowest BCUT2D eigenvalue weighted by atomic mass is 9.83. The number of phenolic OH excluding ortho intramolecular Hbond substituents is 2. The van der Waals surface area contributed by atoms with Crippen LogP contribution in [-0.2, 0) is 93.1 Å². The van der Waals surface area contributed by atoms with Gasteiger partial charge >= 0.3 is 0 Å². The van der Waals surface area contributed by atoms with Crippen molar-refractivity contribution in [3.63, 3.8) is 0 Å². The minimum atomic E-state index is -1.80. The van der Waals surface area contributed by atoms with E-state index in [1.165, 1.54) is 85.9 Å². The van der Waals surface area contributed by atoms with Gasteiger partial charge in [0, 0.05) is 85.4 Å². The van der Waals surface area contributed by atoms with Crippen LogP contribution in [0.25, 0.3) is 11.0 Å². The lowest BCUT2D eigenvalue weighted by Crippen LogP contribution is -2.62. The number of amides is 12. The van der Waals surface area contributed by atoms with Crippen LogP contribution in [-0.4, -0.2) is 198 Å². The second-order valence-corrected chi connectivity index (χ2v) is 33.0. The second kappa shape index (κ2) is 43.4. The number of ketones is 1. The van der Waals surface area contributed by atoms with Crippen LogP contribution in [0.2, 0.25) is 0 Å². The van der Waals surface area contributed by atoms with Crippen LogP contribution >= 0.6 is 23.5 Å². The number of aliphatic hydroxyl groups is 2. The third-order valence-electron chi connectivity index (χ3n) is 20.5. The molecule has 12 amide bonds. The maximum Gasteiger partial charge on any atom is 0.245 e. The van der Waals surface area contributed by atoms with Gasteiger partial charge in [0.2, 0.25) is 70.9 Å². The van der Waals surface area contributed by atoms with Gasteiger partial charge in [-0.1, -0.05) is 115 Å². The Morgan fingerprint density at radius 3 is 1.74 bits per heavy atom. The molecule has 3 aliphatic rings. The highest BCUT2D eigenvalue weighted by atomic mass is 32.2. The van der Waals surface area contributed by atoms with Crippen LogP contribution in [0.15, 0.2) is 97.3 Å². The van der Waals surface area contributed by atoms with Gasteiger partial charge in [0.05, 0.1) is 24.7 Å². The van der Waals surface area contributed by atoms with Gasteiger partial charge in [-0.15, -0.1) is 0 Å². The van der Waals surface area contributed by atoms with E-state index in [1.54, 1.807) is 52.2 Å². The number of Topliss-reactive ketones (excluding diaryl/α,β-unsaturated/α-hetero) is 1. The average molecular weight is 1620 g/mol. The Labute approximate surface area is 671 Å². The number of nitrogens with two attached hydrogens (primary N) is 1. The van der Waals surface area contributed by atoms with Crippen molar-refractivity contribution in [3.05, 3.63) is 125 Å². The number of hydrogen-bond acceptors (Lipinski definition) is 20. The van der Waals surface area contributed by atoms with Crippen LogP contribution in [0, 0.1) is 17.3 Å². The number of carbonyl (C=O) groups excluding carboxylic acids is 13. The summed E-state index contributed by atoms with van der Waals surface area (Å²) in [5, 5.41) is 73.8. The maximum absolute atomic E-state index is 15.3. The number of rotatable bonds is 12. The average Bonchev–Trinajstić information content (AvgIpc) is 1.68. The number of phenols is 2. The molecule has 2 aromatic heterocycles. The predicted molar refractivity (Wildman–Crippen MR) is 429 cm³/mol. The Kier molecular flexibility index (Phi) is 34.0. The van der Waals surface area contributed by atoms with Crippen molar-refractivity contribution < 1.29 is 82.8 Å². The molecule has 4 bridgehead atoms. The van der Waals surface area contributed by atoms with E-state index >= 15 is 24.0 Å². The number of H-pyrrole nitrogens is 1. The van der Waals surface area contributed by atoms with E-state index in [9.17, 15) is 58.8 Å². The van der Waals surface area contributed by atoms with Gasteiger partial charge in [0.1, 0.15) is 71.5 Å². The predicted octanol–water partition coefficient (Wildman–Crippen LogP) is 2.75. The van der Waals surface area contributed by atoms with Gasteiger partial charge in [0.25, 0.3) is 0 Å². The largest absolute Gasteiger partial charge is 0.508 e. The third-order valence-corrected chi connectivity index (χ3v) is 22.6. The number of pyridine rings is 1. The molecule has 0 radical (unpaired) electrons. The molecule has 18 N–H and O–H groups in total. The number of nitrogens with zero attached hydrogens (tertiary/aromatic N) is 1. The molecule has 5 aromatic rings. The number of hydrogen-bond donors (Lipinski definition) is 17. The summed E-state index contributed by atoms with van der Waals surface area (Å²) in [5.74, 6) is -12.1. The molecule has 1 saturated carbocycles. The van der Waals surface area contributed by atoms with E-state index in [0.29, 0.717) is 70.7 Å². The lowest BCUT2D eigenvalue weighted by molar-refractivity contribution is -0.138. The standard InChI is InChI=1S/C81H110N14O17S2/c1-7-16-52-39-63(100)58(38-53-41-85-71-56(53)21-15-33-84-71)87-77(109)66(45(2)96)93-73(105)57-22-12-9-13-32-83-65(102)40-61(88-72(52)104)75(107)89-60(37-48-25-29-55(99)30-26-48)76(108)95-68(51-19-10-8-11-20-51)79(111)94-67(46(3)97)78(110)91-62(70(82)103)44-114-43-50-18-14-17-49(35-50)42-113-34-31-64(101)92-69(81(4,5)6)80(112)90-59(74(106)86-57)36-47-23-27-54(98)28-24-47/h14-15,17-18,21,23-30,33,35,41,45-46,51-52,57-62,66-69,96-99H,7-13,16,19-20,22,31-32,34,36-40,42-44H2,1-6H3,(H2,82,103)(H,83,102)(H,84,85)(H,86,106)(H,87,109)(H,88,104)(H,89,107)(H,90,112)(H,91,110)(H,92,101)(H,93,105)(H,94,111)(H,95,108)/t45-,46-,52-,57+,58+,59+,60+,61+,62+,66+,67+,68+,69-/m1/s1. The molecular formula is C81H110N14O17S2. The van der Waals surface area contributed by atoms with Crippen molar-refractivity contribution in [2.24, 2.45) is 23.0 Å². The fourth-order valence-corrected chi connectivity index (χ4v) is 16.0. The van der Waals surface area contributed by atoms with Crippen molar-refractivity contribution >= 4 is 111 Å². The van der Waals surface area contributed by atoms with Crippen LogP contribution in [0.3, 0.4) is 0 Å². The summed E-state index contributed by atoms with van der Waals surface area (Å²) in [7, 11) is 0. The molecule has 13 atom stereocenters. The summed E-state index contributed by atoms with van der Waals surface area (Å²) in [5.41, 5.74) is 8.44. The molecule has 8 rings (SSSR count). The number of fused-ring (bicyclic) bond motifs is 12. The van der Waals surface area contributed by atoms with E-state index in [0.717, 1.165) is 17.5 Å². The topological polar surface area (TPSA) is 490 Å². The van der Waals surface area contributed by atoms with Crippen LogP contribution < -0.4 is 64.2 Å². The summed E-state index contributed by atoms with van der Waals surface area (Å²) in [6.07, 6.45) is 1.55. The van der Waals surface area contributed by atoms with Gasteiger partial charge < -0.3 is 89.6 Å². The number of aliphatic hydroxyl groups excluding tert-OH is 2. The van der Waals surface area contributed by atoms with Crippen molar-refractivity contribution in [1.29, 1.82) is 0 Å². The van der Waals surface area contributed by atoms with Gasteiger partial charge in [-0.05, 0) is 121 Å². The highest BCUT2D eigenvalue weighted by Crippen LogP contribution is 2.29. The molecule has 2 aliphatic heterocycles.